The lowest BCUT2D eigenvalue weighted by Crippen LogP contribution is -2.28. The summed E-state index contributed by atoms with van der Waals surface area (Å²) in [5.41, 5.74) is 3.08. The summed E-state index contributed by atoms with van der Waals surface area (Å²) in [6.07, 6.45) is 2.84. The fraction of sp³-hybridized carbons (Fsp3) is 0.185. The standard InChI is InChI=1S/C27H24Br2N2O2S/c1-2-13-33-25-22(28)14-21(15-23(25)29)16-24-26(32)31(18-20-11-7-4-8-12-20)27(34-24)30-17-19-9-5-3-6-10-19/h3-12,14-16H,2,13,17-18H2,1H3/b24-16+,30-27?. The predicted molar refractivity (Wildman–Crippen MR) is 148 cm³/mol. The summed E-state index contributed by atoms with van der Waals surface area (Å²) in [4.78, 5) is 20.6. The first-order valence-electron chi connectivity index (χ1n) is 11.0. The molecule has 1 fully saturated rings. The number of aliphatic imine (C=N–C) groups is 1. The van der Waals surface area contributed by atoms with E-state index in [1.54, 1.807) is 4.90 Å². The van der Waals surface area contributed by atoms with Crippen LogP contribution < -0.4 is 4.74 Å². The van der Waals surface area contributed by atoms with Crippen molar-refractivity contribution in [3.8, 4) is 5.75 Å². The maximum Gasteiger partial charge on any atom is 0.267 e. The molecule has 0 unspecified atom stereocenters. The minimum atomic E-state index is -0.0424. The maximum atomic E-state index is 13.4. The molecule has 1 aliphatic heterocycles. The second kappa shape index (κ2) is 11.9. The molecule has 0 spiro atoms. The van der Waals surface area contributed by atoms with E-state index in [-0.39, 0.29) is 5.91 Å². The molecule has 4 rings (SSSR count). The fourth-order valence-corrected chi connectivity index (χ4v) is 5.86. The summed E-state index contributed by atoms with van der Waals surface area (Å²) in [7, 11) is 0. The summed E-state index contributed by atoms with van der Waals surface area (Å²) < 4.78 is 7.51. The van der Waals surface area contributed by atoms with Gasteiger partial charge in [0, 0.05) is 0 Å². The molecule has 0 aliphatic carbocycles. The molecule has 1 amide bonds. The van der Waals surface area contributed by atoms with Gasteiger partial charge in [-0.1, -0.05) is 67.6 Å². The van der Waals surface area contributed by atoms with Crippen molar-refractivity contribution in [3.63, 3.8) is 0 Å². The summed E-state index contributed by atoms with van der Waals surface area (Å²) in [6, 6.07) is 24.0. The van der Waals surface area contributed by atoms with Gasteiger partial charge in [0.1, 0.15) is 5.75 Å². The fourth-order valence-electron chi connectivity index (χ4n) is 3.43. The van der Waals surface area contributed by atoms with Crippen LogP contribution >= 0.6 is 43.6 Å². The lowest BCUT2D eigenvalue weighted by Gasteiger charge is -2.15. The number of hydrogen-bond acceptors (Lipinski definition) is 4. The number of amidine groups is 1. The van der Waals surface area contributed by atoms with Gasteiger partial charge >= 0.3 is 0 Å². The molecule has 1 heterocycles. The van der Waals surface area contributed by atoms with Gasteiger partial charge in [0.25, 0.3) is 5.91 Å². The Hall–Kier alpha value is -2.35. The number of ether oxygens (including phenoxy) is 1. The monoisotopic (exact) mass is 598 g/mol. The van der Waals surface area contributed by atoms with E-state index < -0.39 is 0 Å². The van der Waals surface area contributed by atoms with E-state index in [4.69, 9.17) is 9.73 Å². The van der Waals surface area contributed by atoms with Crippen molar-refractivity contribution in [2.24, 2.45) is 4.99 Å². The molecular weight excluding hydrogens is 576 g/mol. The molecule has 174 valence electrons. The zero-order valence-corrected chi connectivity index (χ0v) is 22.7. The minimum absolute atomic E-state index is 0.0424. The Bertz CT molecular complexity index is 1190. The average Bonchev–Trinajstić information content (AvgIpc) is 3.12. The van der Waals surface area contributed by atoms with Gasteiger partial charge in [-0.15, -0.1) is 0 Å². The summed E-state index contributed by atoms with van der Waals surface area (Å²) >= 11 is 8.62. The summed E-state index contributed by atoms with van der Waals surface area (Å²) in [5, 5.41) is 0.713. The third kappa shape index (κ3) is 6.20. The van der Waals surface area contributed by atoms with Crippen molar-refractivity contribution >= 4 is 60.8 Å². The Kier molecular flexibility index (Phi) is 8.64. The molecule has 1 saturated heterocycles. The van der Waals surface area contributed by atoms with E-state index in [0.717, 1.165) is 37.8 Å². The highest BCUT2D eigenvalue weighted by Gasteiger charge is 2.33. The molecule has 7 heteroatoms. The van der Waals surface area contributed by atoms with Crippen molar-refractivity contribution in [1.82, 2.24) is 4.90 Å². The van der Waals surface area contributed by atoms with E-state index in [2.05, 4.69) is 38.8 Å². The van der Waals surface area contributed by atoms with Gasteiger partial charge in [0.05, 0.1) is 33.5 Å². The first-order chi connectivity index (χ1) is 16.5. The van der Waals surface area contributed by atoms with E-state index >= 15 is 0 Å². The Morgan fingerprint density at radius 2 is 1.59 bits per heavy atom. The maximum absolute atomic E-state index is 13.4. The largest absolute Gasteiger partial charge is 0.491 e. The third-order valence-corrected chi connectivity index (χ3v) is 7.30. The van der Waals surface area contributed by atoms with Crippen LogP contribution in [0.3, 0.4) is 0 Å². The molecule has 0 aromatic heterocycles. The van der Waals surface area contributed by atoms with Crippen molar-refractivity contribution < 1.29 is 9.53 Å². The second-order valence-corrected chi connectivity index (χ2v) is 10.5. The number of hydrogen-bond donors (Lipinski definition) is 0. The van der Waals surface area contributed by atoms with Gasteiger partial charge in [0.15, 0.2) is 5.17 Å². The lowest BCUT2D eigenvalue weighted by atomic mass is 10.2. The lowest BCUT2D eigenvalue weighted by molar-refractivity contribution is -0.122. The number of amides is 1. The highest BCUT2D eigenvalue weighted by Crippen LogP contribution is 2.38. The summed E-state index contributed by atoms with van der Waals surface area (Å²) in [6.45, 7) is 3.72. The number of benzene rings is 3. The molecule has 0 atom stereocenters. The predicted octanol–water partition coefficient (Wildman–Crippen LogP) is 7.67. The number of carbonyl (C=O) groups excluding carboxylic acids is 1. The molecule has 1 aliphatic rings. The van der Waals surface area contributed by atoms with E-state index in [0.29, 0.717) is 29.8 Å². The van der Waals surface area contributed by atoms with Gasteiger partial charge in [-0.2, -0.15) is 0 Å². The van der Waals surface area contributed by atoms with E-state index in [1.807, 2.05) is 78.9 Å². The van der Waals surface area contributed by atoms with Gasteiger partial charge in [-0.25, -0.2) is 0 Å². The van der Waals surface area contributed by atoms with E-state index in [9.17, 15) is 4.79 Å². The smallest absolute Gasteiger partial charge is 0.267 e. The topological polar surface area (TPSA) is 41.9 Å². The first kappa shape index (κ1) is 24.8. The Balaban J connectivity index is 1.63. The normalized spacial score (nSPS) is 16.0. The molecule has 0 radical (unpaired) electrons. The number of thioether (sulfide) groups is 1. The van der Waals surface area contributed by atoms with Crippen LogP contribution in [0.2, 0.25) is 0 Å². The molecule has 3 aromatic carbocycles. The van der Waals surface area contributed by atoms with Crippen LogP contribution in [0.4, 0.5) is 0 Å². The van der Waals surface area contributed by atoms with Crippen molar-refractivity contribution in [2.75, 3.05) is 6.61 Å². The van der Waals surface area contributed by atoms with Crippen LogP contribution in [0.1, 0.15) is 30.0 Å². The van der Waals surface area contributed by atoms with Gasteiger partial charge in [0.2, 0.25) is 0 Å². The SMILES string of the molecule is CCCOc1c(Br)cc(/C=C2/SC(=NCc3ccccc3)N(Cc3ccccc3)C2=O)cc1Br. The zero-order valence-electron chi connectivity index (χ0n) is 18.7. The van der Waals surface area contributed by atoms with Crippen LogP contribution in [-0.4, -0.2) is 22.6 Å². The van der Waals surface area contributed by atoms with Gasteiger partial charge < -0.3 is 4.74 Å². The van der Waals surface area contributed by atoms with Crippen molar-refractivity contribution in [3.05, 3.63) is 103 Å². The average molecular weight is 600 g/mol. The van der Waals surface area contributed by atoms with E-state index in [1.165, 1.54) is 11.8 Å². The molecule has 34 heavy (non-hydrogen) atoms. The Morgan fingerprint density at radius 3 is 2.21 bits per heavy atom. The first-order valence-corrected chi connectivity index (χ1v) is 13.4. The molecule has 3 aromatic rings. The number of rotatable bonds is 8. The highest BCUT2D eigenvalue weighted by atomic mass is 79.9. The van der Waals surface area contributed by atoms with Crippen molar-refractivity contribution in [2.45, 2.75) is 26.4 Å². The molecule has 0 N–H and O–H groups in total. The van der Waals surface area contributed by atoms with Crippen LogP contribution in [0.5, 0.6) is 5.75 Å². The van der Waals surface area contributed by atoms with Crippen LogP contribution in [-0.2, 0) is 17.9 Å². The number of halogens is 2. The molecule has 4 nitrogen and oxygen atoms in total. The molecule has 0 saturated carbocycles. The quantitative estimate of drug-likeness (QED) is 0.249. The zero-order chi connectivity index (χ0) is 23.9. The summed E-state index contributed by atoms with van der Waals surface area (Å²) in [5.74, 6) is 0.726. The van der Waals surface area contributed by atoms with Crippen LogP contribution in [0.15, 0.2) is 91.6 Å². The van der Waals surface area contributed by atoms with Gasteiger partial charge in [-0.05, 0) is 84.9 Å². The molecular formula is C27H24Br2N2O2S. The highest BCUT2D eigenvalue weighted by molar-refractivity contribution is 9.11. The Morgan fingerprint density at radius 1 is 0.971 bits per heavy atom. The second-order valence-electron chi connectivity index (χ2n) is 7.73. The van der Waals surface area contributed by atoms with Crippen LogP contribution in [0.25, 0.3) is 6.08 Å². The number of nitrogens with zero attached hydrogens (tertiary/aromatic N) is 2. The minimum Gasteiger partial charge on any atom is -0.491 e. The Labute approximate surface area is 221 Å². The van der Waals surface area contributed by atoms with Crippen molar-refractivity contribution in [1.29, 1.82) is 0 Å². The van der Waals surface area contributed by atoms with Crippen LogP contribution in [0, 0.1) is 0 Å². The van der Waals surface area contributed by atoms with Gasteiger partial charge in [-0.3, -0.25) is 14.7 Å². The number of carbonyl (C=O) groups is 1. The third-order valence-electron chi connectivity index (χ3n) is 5.08. The molecule has 0 bridgehead atoms.